The number of anilines is 1. The summed E-state index contributed by atoms with van der Waals surface area (Å²) in [7, 11) is 1.61. The summed E-state index contributed by atoms with van der Waals surface area (Å²) in [6.07, 6.45) is 4.96. The van der Waals surface area contributed by atoms with Crippen molar-refractivity contribution in [3.8, 4) is 17.4 Å². The first-order valence-corrected chi connectivity index (χ1v) is 9.63. The number of ether oxygens (including phenoxy) is 3. The van der Waals surface area contributed by atoms with Gasteiger partial charge < -0.3 is 24.4 Å². The van der Waals surface area contributed by atoms with Crippen LogP contribution >= 0.6 is 0 Å². The first-order valence-electron chi connectivity index (χ1n) is 9.63. The smallest absolute Gasteiger partial charge is 0.321 e. The molecule has 1 aromatic heterocycles. The van der Waals surface area contributed by atoms with Gasteiger partial charge in [0.05, 0.1) is 25.1 Å². The van der Waals surface area contributed by atoms with E-state index in [0.29, 0.717) is 36.2 Å². The van der Waals surface area contributed by atoms with Crippen LogP contribution in [0.4, 0.5) is 10.5 Å². The van der Waals surface area contributed by atoms with Gasteiger partial charge in [0.15, 0.2) is 0 Å². The number of hydrogen-bond acceptors (Lipinski definition) is 5. The summed E-state index contributed by atoms with van der Waals surface area (Å²) in [5.41, 5.74) is 0.617. The Morgan fingerprint density at radius 3 is 2.82 bits per heavy atom. The number of aromatic nitrogens is 1. The van der Waals surface area contributed by atoms with E-state index >= 15 is 0 Å². The minimum atomic E-state index is -0.153. The summed E-state index contributed by atoms with van der Waals surface area (Å²) in [6, 6.07) is 10.6. The molecule has 0 unspecified atom stereocenters. The van der Waals surface area contributed by atoms with Crippen molar-refractivity contribution in [2.45, 2.75) is 32.3 Å². The molecule has 1 fully saturated rings. The van der Waals surface area contributed by atoms with E-state index in [-0.39, 0.29) is 12.1 Å². The Balaban J connectivity index is 1.55. The fraction of sp³-hybridized carbons (Fsp3) is 0.429. The molecule has 0 spiro atoms. The summed E-state index contributed by atoms with van der Waals surface area (Å²) in [5, 5.41) is 2.89. The van der Waals surface area contributed by atoms with Gasteiger partial charge in [0.2, 0.25) is 5.88 Å². The maximum Gasteiger partial charge on any atom is 0.321 e. The SMILES string of the molecule is CCN(C[C@@H]1CCCCO1)C(=O)Nc1ccc(Oc2cccc(OC)c2)nc1. The molecular weight excluding hydrogens is 358 g/mol. The van der Waals surface area contributed by atoms with Crippen LogP contribution in [-0.4, -0.2) is 48.8 Å². The molecule has 0 aliphatic carbocycles. The molecule has 2 aromatic rings. The van der Waals surface area contributed by atoms with Crippen LogP contribution in [0.5, 0.6) is 17.4 Å². The maximum absolute atomic E-state index is 12.6. The van der Waals surface area contributed by atoms with Gasteiger partial charge in [0, 0.05) is 31.8 Å². The van der Waals surface area contributed by atoms with Gasteiger partial charge in [-0.05, 0) is 44.4 Å². The number of carbonyl (C=O) groups excluding carboxylic acids is 1. The van der Waals surface area contributed by atoms with Crippen molar-refractivity contribution in [1.82, 2.24) is 9.88 Å². The number of pyridine rings is 1. The van der Waals surface area contributed by atoms with Gasteiger partial charge in [-0.15, -0.1) is 0 Å². The number of urea groups is 1. The van der Waals surface area contributed by atoms with Crippen molar-refractivity contribution >= 4 is 11.7 Å². The molecule has 3 rings (SSSR count). The minimum absolute atomic E-state index is 0.121. The van der Waals surface area contributed by atoms with E-state index in [2.05, 4.69) is 10.3 Å². The van der Waals surface area contributed by atoms with E-state index in [1.165, 1.54) is 0 Å². The zero-order valence-corrected chi connectivity index (χ0v) is 16.4. The van der Waals surface area contributed by atoms with Gasteiger partial charge in [-0.2, -0.15) is 0 Å². The van der Waals surface area contributed by atoms with Crippen molar-refractivity contribution in [3.05, 3.63) is 42.6 Å². The number of nitrogens with one attached hydrogen (secondary N) is 1. The number of methoxy groups -OCH3 is 1. The number of carbonyl (C=O) groups is 1. The molecule has 7 nitrogen and oxygen atoms in total. The highest BCUT2D eigenvalue weighted by Crippen LogP contribution is 2.24. The molecule has 1 N–H and O–H groups in total. The number of likely N-dealkylation sites (N-methyl/N-ethyl adjacent to an activating group) is 1. The lowest BCUT2D eigenvalue weighted by molar-refractivity contribution is 0.00221. The van der Waals surface area contributed by atoms with Gasteiger partial charge in [0.25, 0.3) is 0 Å². The van der Waals surface area contributed by atoms with Crippen molar-refractivity contribution in [1.29, 1.82) is 0 Å². The normalized spacial score (nSPS) is 16.3. The van der Waals surface area contributed by atoms with Crippen LogP contribution in [0.1, 0.15) is 26.2 Å². The summed E-state index contributed by atoms with van der Waals surface area (Å²) < 4.78 is 16.6. The van der Waals surface area contributed by atoms with E-state index in [1.54, 1.807) is 36.4 Å². The van der Waals surface area contributed by atoms with Crippen LogP contribution in [0.2, 0.25) is 0 Å². The fourth-order valence-electron chi connectivity index (χ4n) is 3.06. The van der Waals surface area contributed by atoms with Crippen molar-refractivity contribution in [2.24, 2.45) is 0 Å². The highest BCUT2D eigenvalue weighted by molar-refractivity contribution is 5.89. The Labute approximate surface area is 165 Å². The summed E-state index contributed by atoms with van der Waals surface area (Å²) in [5.74, 6) is 1.78. The molecular formula is C21H27N3O4. The van der Waals surface area contributed by atoms with Crippen molar-refractivity contribution in [3.63, 3.8) is 0 Å². The van der Waals surface area contributed by atoms with Gasteiger partial charge in [-0.25, -0.2) is 9.78 Å². The molecule has 1 atom stereocenters. The second-order valence-corrected chi connectivity index (χ2v) is 6.62. The summed E-state index contributed by atoms with van der Waals surface area (Å²) in [4.78, 5) is 18.6. The number of amides is 2. The van der Waals surface area contributed by atoms with E-state index < -0.39 is 0 Å². The molecule has 1 saturated heterocycles. The third kappa shape index (κ3) is 5.60. The largest absolute Gasteiger partial charge is 0.497 e. The molecule has 1 aliphatic heterocycles. The zero-order valence-electron chi connectivity index (χ0n) is 16.4. The highest BCUT2D eigenvalue weighted by atomic mass is 16.5. The molecule has 150 valence electrons. The summed E-state index contributed by atoms with van der Waals surface area (Å²) in [6.45, 7) is 3.97. The van der Waals surface area contributed by atoms with Crippen molar-refractivity contribution in [2.75, 3.05) is 32.1 Å². The van der Waals surface area contributed by atoms with Crippen LogP contribution in [0.25, 0.3) is 0 Å². The minimum Gasteiger partial charge on any atom is -0.497 e. The molecule has 0 saturated carbocycles. The Bertz CT molecular complexity index is 761. The van der Waals surface area contributed by atoms with Gasteiger partial charge >= 0.3 is 6.03 Å². The van der Waals surface area contributed by atoms with Crippen LogP contribution in [0.3, 0.4) is 0 Å². The quantitative estimate of drug-likeness (QED) is 0.769. The number of hydrogen-bond donors (Lipinski definition) is 1. The van der Waals surface area contributed by atoms with Gasteiger partial charge in [-0.3, -0.25) is 0 Å². The number of benzene rings is 1. The molecule has 0 bridgehead atoms. The number of rotatable bonds is 7. The van der Waals surface area contributed by atoms with E-state index in [4.69, 9.17) is 14.2 Å². The molecule has 1 aromatic carbocycles. The van der Waals surface area contributed by atoms with Crippen LogP contribution in [0.15, 0.2) is 42.6 Å². The monoisotopic (exact) mass is 385 g/mol. The van der Waals surface area contributed by atoms with Gasteiger partial charge in [-0.1, -0.05) is 6.07 Å². The van der Waals surface area contributed by atoms with Crippen LogP contribution in [0, 0.1) is 0 Å². The molecule has 28 heavy (non-hydrogen) atoms. The standard InChI is InChI=1S/C21H27N3O4/c1-3-24(15-19-7-4-5-12-27-19)21(25)23-16-10-11-20(22-14-16)28-18-9-6-8-17(13-18)26-2/h6,8-11,13-14,19H,3-5,7,12,15H2,1-2H3,(H,23,25)/t19-/m0/s1. The Hall–Kier alpha value is -2.80. The fourth-order valence-corrected chi connectivity index (χ4v) is 3.06. The molecule has 2 heterocycles. The predicted molar refractivity (Wildman–Crippen MR) is 107 cm³/mol. The number of nitrogens with zero attached hydrogens (tertiary/aromatic N) is 2. The molecule has 0 radical (unpaired) electrons. The Morgan fingerprint density at radius 2 is 2.14 bits per heavy atom. The average Bonchev–Trinajstić information content (AvgIpc) is 2.74. The van der Waals surface area contributed by atoms with Crippen molar-refractivity contribution < 1.29 is 19.0 Å². The first kappa shape index (κ1) is 19.9. The van der Waals surface area contributed by atoms with E-state index in [9.17, 15) is 4.79 Å². The van der Waals surface area contributed by atoms with E-state index in [1.807, 2.05) is 25.1 Å². The maximum atomic E-state index is 12.6. The lowest BCUT2D eigenvalue weighted by Gasteiger charge is -2.29. The predicted octanol–water partition coefficient (Wildman–Crippen LogP) is 4.31. The molecule has 1 aliphatic rings. The molecule has 2 amide bonds. The summed E-state index contributed by atoms with van der Waals surface area (Å²) >= 11 is 0. The zero-order chi connectivity index (χ0) is 19.8. The van der Waals surface area contributed by atoms with E-state index in [0.717, 1.165) is 25.9 Å². The highest BCUT2D eigenvalue weighted by Gasteiger charge is 2.20. The second-order valence-electron chi connectivity index (χ2n) is 6.62. The lowest BCUT2D eigenvalue weighted by Crippen LogP contribution is -2.41. The lowest BCUT2D eigenvalue weighted by atomic mass is 10.1. The Morgan fingerprint density at radius 1 is 1.29 bits per heavy atom. The third-order valence-electron chi connectivity index (χ3n) is 4.62. The second kappa shape index (κ2) is 9.94. The Kier molecular flexibility index (Phi) is 7.08. The third-order valence-corrected chi connectivity index (χ3v) is 4.62. The van der Waals surface area contributed by atoms with Crippen LogP contribution < -0.4 is 14.8 Å². The molecule has 7 heteroatoms. The average molecular weight is 385 g/mol. The topological polar surface area (TPSA) is 72.9 Å². The van der Waals surface area contributed by atoms with Gasteiger partial charge in [0.1, 0.15) is 11.5 Å². The van der Waals surface area contributed by atoms with Crippen LogP contribution in [-0.2, 0) is 4.74 Å². The first-order chi connectivity index (χ1) is 13.7.